The molecule has 0 aliphatic heterocycles. The van der Waals surface area contributed by atoms with Crippen LogP contribution in [-0.4, -0.2) is 40.3 Å². The third-order valence-electron chi connectivity index (χ3n) is 2.21. The predicted molar refractivity (Wildman–Crippen MR) is 66.9 cm³/mol. The van der Waals surface area contributed by atoms with E-state index in [1.807, 2.05) is 0 Å². The molecule has 4 nitrogen and oxygen atoms in total. The van der Waals surface area contributed by atoms with Gasteiger partial charge in [-0.05, 0) is 18.6 Å². The van der Waals surface area contributed by atoms with Gasteiger partial charge in [-0.15, -0.1) is 0 Å². The average molecular weight is 256 g/mol. The molecule has 0 heterocycles. The van der Waals surface area contributed by atoms with Crippen molar-refractivity contribution in [3.8, 4) is 5.75 Å². The van der Waals surface area contributed by atoms with E-state index in [1.54, 1.807) is 24.3 Å². The van der Waals surface area contributed by atoms with Gasteiger partial charge in [-0.1, -0.05) is 12.1 Å². The van der Waals surface area contributed by atoms with Crippen LogP contribution in [0.1, 0.15) is 16.8 Å². The lowest BCUT2D eigenvalue weighted by molar-refractivity contribution is 0.102. The van der Waals surface area contributed by atoms with Gasteiger partial charge in [0.05, 0.1) is 12.9 Å². The van der Waals surface area contributed by atoms with Gasteiger partial charge in [-0.25, -0.2) is 0 Å². The Morgan fingerprint density at radius 2 is 2.24 bits per heavy atom. The topological polar surface area (TPSA) is 63.6 Å². The standard InChI is InChI=1S/C12H16O4S/c1-16-11-5-2-4-10(8-11)12(14)9-17(15)7-3-6-13/h2,4-5,8,13H,3,6-7,9H2,1H3. The number of Topliss-reactive ketones (excluding diaryl/α,β-unsaturated/α-hetero) is 1. The number of ether oxygens (including phenoxy) is 1. The van der Waals surface area contributed by atoms with E-state index in [0.29, 0.717) is 23.5 Å². The number of benzene rings is 1. The van der Waals surface area contributed by atoms with Crippen molar-refractivity contribution in [2.75, 3.05) is 25.2 Å². The Kier molecular flexibility index (Phi) is 5.86. The van der Waals surface area contributed by atoms with Gasteiger partial charge in [-0.2, -0.15) is 0 Å². The molecule has 0 radical (unpaired) electrons. The second kappa shape index (κ2) is 7.19. The summed E-state index contributed by atoms with van der Waals surface area (Å²) in [6, 6.07) is 6.78. The molecule has 0 saturated heterocycles. The number of methoxy groups -OCH3 is 1. The molecule has 0 saturated carbocycles. The largest absolute Gasteiger partial charge is 0.497 e. The van der Waals surface area contributed by atoms with Crippen LogP contribution in [0.15, 0.2) is 24.3 Å². The third-order valence-corrected chi connectivity index (χ3v) is 3.54. The lowest BCUT2D eigenvalue weighted by atomic mass is 10.1. The zero-order chi connectivity index (χ0) is 12.7. The molecule has 1 rings (SSSR count). The van der Waals surface area contributed by atoms with Crippen molar-refractivity contribution in [1.29, 1.82) is 0 Å². The molecule has 1 aromatic carbocycles. The van der Waals surface area contributed by atoms with E-state index in [9.17, 15) is 9.00 Å². The molecule has 1 atom stereocenters. The van der Waals surface area contributed by atoms with Gasteiger partial charge in [0.2, 0.25) is 0 Å². The normalized spacial score (nSPS) is 12.1. The Labute approximate surface area is 103 Å². The predicted octanol–water partition coefficient (Wildman–Crippen LogP) is 1.01. The van der Waals surface area contributed by atoms with Crippen molar-refractivity contribution < 1.29 is 18.8 Å². The fourth-order valence-corrected chi connectivity index (χ4v) is 2.38. The number of rotatable bonds is 7. The molecule has 1 N–H and O–H groups in total. The van der Waals surface area contributed by atoms with E-state index in [1.165, 1.54) is 7.11 Å². The summed E-state index contributed by atoms with van der Waals surface area (Å²) in [4.78, 5) is 11.8. The van der Waals surface area contributed by atoms with Crippen molar-refractivity contribution in [2.45, 2.75) is 6.42 Å². The van der Waals surface area contributed by atoms with Crippen LogP contribution in [0.2, 0.25) is 0 Å². The summed E-state index contributed by atoms with van der Waals surface area (Å²) in [6.45, 7) is -0.000902. The van der Waals surface area contributed by atoms with Crippen molar-refractivity contribution in [1.82, 2.24) is 0 Å². The van der Waals surface area contributed by atoms with E-state index in [0.717, 1.165) is 0 Å². The first kappa shape index (κ1) is 13.9. The second-order valence-corrected chi connectivity index (χ2v) is 5.10. The monoisotopic (exact) mass is 256 g/mol. The highest BCUT2D eigenvalue weighted by Gasteiger charge is 2.11. The number of aliphatic hydroxyl groups excluding tert-OH is 1. The van der Waals surface area contributed by atoms with E-state index in [2.05, 4.69) is 0 Å². The van der Waals surface area contributed by atoms with Gasteiger partial charge in [0.1, 0.15) is 5.75 Å². The SMILES string of the molecule is COc1cccc(C(=O)CS(=O)CCCO)c1. The maximum Gasteiger partial charge on any atom is 0.175 e. The molecule has 0 fully saturated rings. The van der Waals surface area contributed by atoms with E-state index < -0.39 is 10.8 Å². The van der Waals surface area contributed by atoms with Crippen molar-refractivity contribution in [2.24, 2.45) is 0 Å². The number of ketones is 1. The van der Waals surface area contributed by atoms with Gasteiger partial charge >= 0.3 is 0 Å². The smallest absolute Gasteiger partial charge is 0.175 e. The molecular formula is C12H16O4S. The third kappa shape index (κ3) is 4.66. The van der Waals surface area contributed by atoms with Crippen molar-refractivity contribution in [3.63, 3.8) is 0 Å². The summed E-state index contributed by atoms with van der Waals surface area (Å²) in [5, 5.41) is 8.60. The van der Waals surface area contributed by atoms with Gasteiger partial charge in [0.15, 0.2) is 5.78 Å². The minimum absolute atomic E-state index is 0.000902. The zero-order valence-corrected chi connectivity index (χ0v) is 10.5. The zero-order valence-electron chi connectivity index (χ0n) is 9.72. The maximum atomic E-state index is 11.8. The highest BCUT2D eigenvalue weighted by molar-refractivity contribution is 7.85. The number of hydrogen-bond acceptors (Lipinski definition) is 4. The van der Waals surface area contributed by atoms with Crippen molar-refractivity contribution >= 4 is 16.6 Å². The number of aliphatic hydroxyl groups is 1. The first-order chi connectivity index (χ1) is 8.17. The number of hydrogen-bond donors (Lipinski definition) is 1. The summed E-state index contributed by atoms with van der Waals surface area (Å²) in [5.74, 6) is 0.788. The molecule has 0 amide bonds. The van der Waals surface area contributed by atoms with Crippen LogP contribution in [0.5, 0.6) is 5.75 Å². The van der Waals surface area contributed by atoms with Gasteiger partial charge in [0.25, 0.3) is 0 Å². The molecular weight excluding hydrogens is 240 g/mol. The molecule has 0 aliphatic carbocycles. The highest BCUT2D eigenvalue weighted by atomic mass is 32.2. The number of carbonyl (C=O) groups is 1. The van der Waals surface area contributed by atoms with Gasteiger partial charge in [0, 0.05) is 28.7 Å². The van der Waals surface area contributed by atoms with Gasteiger partial charge < -0.3 is 9.84 Å². The van der Waals surface area contributed by atoms with Crippen LogP contribution in [0.4, 0.5) is 0 Å². The molecule has 0 bridgehead atoms. The minimum atomic E-state index is -1.21. The molecule has 0 aliphatic rings. The molecule has 1 aromatic rings. The summed E-state index contributed by atoms with van der Waals surface area (Å²) >= 11 is 0. The highest BCUT2D eigenvalue weighted by Crippen LogP contribution is 2.13. The fourth-order valence-electron chi connectivity index (χ4n) is 1.32. The Morgan fingerprint density at radius 1 is 1.47 bits per heavy atom. The Morgan fingerprint density at radius 3 is 2.88 bits per heavy atom. The maximum absolute atomic E-state index is 11.8. The summed E-state index contributed by atoms with van der Waals surface area (Å²) in [6.07, 6.45) is 0.456. The summed E-state index contributed by atoms with van der Waals surface area (Å²) in [7, 11) is 0.321. The molecule has 0 aromatic heterocycles. The van der Waals surface area contributed by atoms with Crippen LogP contribution in [0, 0.1) is 0 Å². The second-order valence-electron chi connectivity index (χ2n) is 3.52. The average Bonchev–Trinajstić information content (AvgIpc) is 2.36. The lowest BCUT2D eigenvalue weighted by Gasteiger charge is -2.04. The van der Waals surface area contributed by atoms with Crippen LogP contribution in [-0.2, 0) is 10.8 Å². The van der Waals surface area contributed by atoms with E-state index in [-0.39, 0.29) is 18.1 Å². The Hall–Kier alpha value is -1.20. The van der Waals surface area contributed by atoms with Crippen LogP contribution < -0.4 is 4.74 Å². The van der Waals surface area contributed by atoms with Crippen LogP contribution >= 0.6 is 0 Å². The molecule has 0 spiro atoms. The van der Waals surface area contributed by atoms with E-state index in [4.69, 9.17) is 9.84 Å². The van der Waals surface area contributed by atoms with Crippen molar-refractivity contribution in [3.05, 3.63) is 29.8 Å². The fraction of sp³-hybridized carbons (Fsp3) is 0.417. The Balaban J connectivity index is 2.60. The molecule has 94 valence electrons. The van der Waals surface area contributed by atoms with Gasteiger partial charge in [-0.3, -0.25) is 9.00 Å². The number of carbonyl (C=O) groups excluding carboxylic acids is 1. The quantitative estimate of drug-likeness (QED) is 0.739. The molecule has 1 unspecified atom stereocenters. The van der Waals surface area contributed by atoms with Crippen LogP contribution in [0.3, 0.4) is 0 Å². The van der Waals surface area contributed by atoms with Crippen LogP contribution in [0.25, 0.3) is 0 Å². The first-order valence-electron chi connectivity index (χ1n) is 5.30. The lowest BCUT2D eigenvalue weighted by Crippen LogP contribution is -2.14. The minimum Gasteiger partial charge on any atom is -0.497 e. The molecule has 17 heavy (non-hydrogen) atoms. The summed E-state index contributed by atoms with van der Waals surface area (Å²) < 4.78 is 16.5. The first-order valence-corrected chi connectivity index (χ1v) is 6.79. The Bertz CT molecular complexity index is 403. The van der Waals surface area contributed by atoms with E-state index >= 15 is 0 Å². The molecule has 5 heteroatoms. The summed E-state index contributed by atoms with van der Waals surface area (Å²) in [5.41, 5.74) is 0.502.